The van der Waals surface area contributed by atoms with Crippen molar-refractivity contribution in [2.75, 3.05) is 32.5 Å². The Morgan fingerprint density at radius 1 is 1.12 bits per heavy atom. The summed E-state index contributed by atoms with van der Waals surface area (Å²) in [6, 6.07) is 8.57. The van der Waals surface area contributed by atoms with Crippen molar-refractivity contribution in [1.82, 2.24) is 4.90 Å². The van der Waals surface area contributed by atoms with E-state index in [0.29, 0.717) is 0 Å². The minimum atomic E-state index is 0.196. The number of hydrogen-bond donors (Lipinski definition) is 1. The number of rotatable bonds is 4. The van der Waals surface area contributed by atoms with Crippen LogP contribution in [0.2, 0.25) is 0 Å². The van der Waals surface area contributed by atoms with Gasteiger partial charge in [0.25, 0.3) is 0 Å². The first kappa shape index (κ1) is 13.0. The zero-order chi connectivity index (χ0) is 12.2. The highest BCUT2D eigenvalue weighted by Gasteiger charge is 2.16. The van der Waals surface area contributed by atoms with E-state index >= 15 is 0 Å². The van der Waals surface area contributed by atoms with Gasteiger partial charge in [0.1, 0.15) is 0 Å². The van der Waals surface area contributed by atoms with Crippen molar-refractivity contribution in [3.8, 4) is 0 Å². The Morgan fingerprint density at radius 2 is 1.75 bits per heavy atom. The normalized spacial score (nSPS) is 11.9. The van der Waals surface area contributed by atoms with E-state index in [0.717, 1.165) is 13.1 Å². The van der Waals surface area contributed by atoms with Crippen molar-refractivity contribution >= 4 is 5.69 Å². The molecule has 2 heteroatoms. The van der Waals surface area contributed by atoms with Crippen molar-refractivity contribution < 1.29 is 0 Å². The van der Waals surface area contributed by atoms with E-state index < -0.39 is 0 Å². The Balaban J connectivity index is 2.72. The third kappa shape index (κ3) is 3.86. The second-order valence-corrected chi connectivity index (χ2v) is 5.53. The molecule has 1 rings (SSSR count). The lowest BCUT2D eigenvalue weighted by atomic mass is 9.86. The Bertz CT molecular complexity index is 324. The molecule has 0 aliphatic heterocycles. The average Bonchev–Trinajstić information content (AvgIpc) is 2.16. The molecule has 1 aromatic carbocycles. The molecule has 0 bridgehead atoms. The molecule has 0 saturated heterocycles. The van der Waals surface area contributed by atoms with Crippen LogP contribution in [0.15, 0.2) is 24.3 Å². The maximum Gasteiger partial charge on any atom is 0.0378 e. The Hall–Kier alpha value is -1.02. The topological polar surface area (TPSA) is 15.3 Å². The highest BCUT2D eigenvalue weighted by molar-refractivity contribution is 5.54. The summed E-state index contributed by atoms with van der Waals surface area (Å²) in [6.45, 7) is 8.79. The van der Waals surface area contributed by atoms with Gasteiger partial charge in [0, 0.05) is 18.8 Å². The monoisotopic (exact) mass is 220 g/mol. The van der Waals surface area contributed by atoms with Crippen molar-refractivity contribution in [2.24, 2.45) is 0 Å². The van der Waals surface area contributed by atoms with E-state index in [4.69, 9.17) is 0 Å². The summed E-state index contributed by atoms with van der Waals surface area (Å²) in [5.41, 5.74) is 2.84. The third-order valence-electron chi connectivity index (χ3n) is 2.61. The first-order chi connectivity index (χ1) is 7.41. The minimum Gasteiger partial charge on any atom is -0.384 e. The molecule has 16 heavy (non-hydrogen) atoms. The number of nitrogens with one attached hydrogen (secondary N) is 1. The first-order valence-electron chi connectivity index (χ1n) is 5.89. The lowest BCUT2D eigenvalue weighted by Crippen LogP contribution is -2.22. The third-order valence-corrected chi connectivity index (χ3v) is 2.61. The smallest absolute Gasteiger partial charge is 0.0378 e. The molecule has 0 unspecified atom stereocenters. The van der Waals surface area contributed by atoms with Crippen LogP contribution in [-0.4, -0.2) is 32.1 Å². The summed E-state index contributed by atoms with van der Waals surface area (Å²) in [5.74, 6) is 0. The highest BCUT2D eigenvalue weighted by Crippen LogP contribution is 2.28. The summed E-state index contributed by atoms with van der Waals surface area (Å²) >= 11 is 0. The molecule has 0 saturated carbocycles. The van der Waals surface area contributed by atoms with Gasteiger partial charge >= 0.3 is 0 Å². The van der Waals surface area contributed by atoms with E-state index in [2.05, 4.69) is 69.3 Å². The molecule has 0 fully saturated rings. The number of hydrogen-bond acceptors (Lipinski definition) is 2. The average molecular weight is 220 g/mol. The van der Waals surface area contributed by atoms with Crippen LogP contribution in [0.1, 0.15) is 26.3 Å². The summed E-state index contributed by atoms with van der Waals surface area (Å²) < 4.78 is 0. The maximum atomic E-state index is 3.51. The first-order valence-corrected chi connectivity index (χ1v) is 5.89. The Kier molecular flexibility index (Phi) is 4.36. The van der Waals surface area contributed by atoms with Crippen LogP contribution in [0.25, 0.3) is 0 Å². The molecule has 0 heterocycles. The largest absolute Gasteiger partial charge is 0.384 e. The van der Waals surface area contributed by atoms with E-state index in [9.17, 15) is 0 Å². The predicted octanol–water partition coefficient (Wildman–Crippen LogP) is 2.96. The van der Waals surface area contributed by atoms with E-state index in [1.165, 1.54) is 11.3 Å². The molecule has 0 radical (unpaired) electrons. The highest BCUT2D eigenvalue weighted by atomic mass is 15.1. The fourth-order valence-corrected chi connectivity index (χ4v) is 1.71. The van der Waals surface area contributed by atoms with Crippen LogP contribution in [-0.2, 0) is 5.41 Å². The quantitative estimate of drug-likeness (QED) is 0.839. The van der Waals surface area contributed by atoms with Crippen LogP contribution in [0.4, 0.5) is 5.69 Å². The summed E-state index contributed by atoms with van der Waals surface area (Å²) in [4.78, 5) is 2.19. The second kappa shape index (κ2) is 5.35. The SMILES string of the molecule is CN(C)CCNc1ccccc1C(C)(C)C. The van der Waals surface area contributed by atoms with Gasteiger partial charge in [0.2, 0.25) is 0 Å². The Labute approximate surface area is 99.7 Å². The number of benzene rings is 1. The van der Waals surface area contributed by atoms with Gasteiger partial charge in [-0.05, 0) is 31.1 Å². The van der Waals surface area contributed by atoms with Crippen LogP contribution in [0.3, 0.4) is 0 Å². The van der Waals surface area contributed by atoms with Crippen molar-refractivity contribution in [2.45, 2.75) is 26.2 Å². The predicted molar refractivity (Wildman–Crippen MR) is 72.2 cm³/mol. The maximum absolute atomic E-state index is 3.51. The molecule has 0 aliphatic rings. The molecule has 0 spiro atoms. The minimum absolute atomic E-state index is 0.196. The van der Waals surface area contributed by atoms with E-state index in [1.807, 2.05) is 0 Å². The lowest BCUT2D eigenvalue weighted by molar-refractivity contribution is 0.425. The number of para-hydroxylation sites is 1. The van der Waals surface area contributed by atoms with Crippen molar-refractivity contribution in [3.63, 3.8) is 0 Å². The zero-order valence-corrected chi connectivity index (χ0v) is 11.2. The van der Waals surface area contributed by atoms with Gasteiger partial charge in [-0.15, -0.1) is 0 Å². The summed E-state index contributed by atoms with van der Waals surface area (Å²) in [7, 11) is 4.19. The van der Waals surface area contributed by atoms with Crippen LogP contribution >= 0.6 is 0 Å². The van der Waals surface area contributed by atoms with E-state index in [1.54, 1.807) is 0 Å². The molecule has 0 aliphatic carbocycles. The lowest BCUT2D eigenvalue weighted by Gasteiger charge is -2.23. The van der Waals surface area contributed by atoms with Crippen LogP contribution in [0.5, 0.6) is 0 Å². The summed E-state index contributed by atoms with van der Waals surface area (Å²) in [6.07, 6.45) is 0. The molecule has 2 nitrogen and oxygen atoms in total. The van der Waals surface area contributed by atoms with E-state index in [-0.39, 0.29) is 5.41 Å². The standard InChI is InChI=1S/C14H24N2/c1-14(2,3)12-8-6-7-9-13(12)15-10-11-16(4)5/h6-9,15H,10-11H2,1-5H3. The van der Waals surface area contributed by atoms with Crippen LogP contribution in [0, 0.1) is 0 Å². The fourth-order valence-electron chi connectivity index (χ4n) is 1.71. The van der Waals surface area contributed by atoms with Gasteiger partial charge in [0.05, 0.1) is 0 Å². The fraction of sp³-hybridized carbons (Fsp3) is 0.571. The molecule has 1 N–H and O–H groups in total. The van der Waals surface area contributed by atoms with Gasteiger partial charge in [-0.25, -0.2) is 0 Å². The molecule has 0 atom stereocenters. The molecule has 90 valence electrons. The second-order valence-electron chi connectivity index (χ2n) is 5.53. The Morgan fingerprint density at radius 3 is 2.31 bits per heavy atom. The molecular formula is C14H24N2. The number of likely N-dealkylation sites (N-methyl/N-ethyl adjacent to an activating group) is 1. The summed E-state index contributed by atoms with van der Waals surface area (Å²) in [5, 5.41) is 3.51. The molecule has 0 amide bonds. The van der Waals surface area contributed by atoms with Crippen molar-refractivity contribution in [3.05, 3.63) is 29.8 Å². The molecule has 1 aromatic rings. The number of nitrogens with zero attached hydrogens (tertiary/aromatic N) is 1. The van der Waals surface area contributed by atoms with Gasteiger partial charge in [-0.3, -0.25) is 0 Å². The van der Waals surface area contributed by atoms with Crippen molar-refractivity contribution in [1.29, 1.82) is 0 Å². The van der Waals surface area contributed by atoms with Gasteiger partial charge in [-0.1, -0.05) is 39.0 Å². The number of anilines is 1. The molecule has 0 aromatic heterocycles. The zero-order valence-electron chi connectivity index (χ0n) is 11.2. The van der Waals surface area contributed by atoms with Crippen LogP contribution < -0.4 is 5.32 Å². The van der Waals surface area contributed by atoms with Gasteiger partial charge in [-0.2, -0.15) is 0 Å². The molecular weight excluding hydrogens is 196 g/mol. The van der Waals surface area contributed by atoms with Gasteiger partial charge in [0.15, 0.2) is 0 Å². The van der Waals surface area contributed by atoms with Gasteiger partial charge < -0.3 is 10.2 Å².